The predicted molar refractivity (Wildman–Crippen MR) is 60.2 cm³/mol. The van der Waals surface area contributed by atoms with E-state index in [1.807, 2.05) is 0 Å². The molecule has 0 aromatic carbocycles. The zero-order chi connectivity index (χ0) is 12.2. The average Bonchev–Trinajstić information content (AvgIpc) is 2.20. The van der Waals surface area contributed by atoms with Crippen LogP contribution in [0, 0.1) is 5.82 Å². The number of halogens is 1. The van der Waals surface area contributed by atoms with Gasteiger partial charge in [-0.25, -0.2) is 22.1 Å². The third kappa shape index (κ3) is 3.74. The van der Waals surface area contributed by atoms with E-state index in [2.05, 4.69) is 10.3 Å². The highest BCUT2D eigenvalue weighted by Crippen LogP contribution is 2.03. The first-order valence-corrected chi connectivity index (χ1v) is 6.28. The third-order valence-corrected chi connectivity index (χ3v) is 3.78. The Hall–Kier alpha value is -1.21. The first kappa shape index (κ1) is 12.9. The summed E-state index contributed by atoms with van der Waals surface area (Å²) in [7, 11) is -0.252. The highest BCUT2D eigenvalue weighted by Gasteiger charge is 2.12. The molecule has 1 aromatic rings. The van der Waals surface area contributed by atoms with Crippen LogP contribution < -0.4 is 5.32 Å². The molecule has 7 heteroatoms. The topological polar surface area (TPSA) is 62.3 Å². The Balaban J connectivity index is 2.45. The Labute approximate surface area is 94.3 Å². The van der Waals surface area contributed by atoms with Crippen molar-refractivity contribution < 1.29 is 12.8 Å². The van der Waals surface area contributed by atoms with Crippen LogP contribution in [-0.4, -0.2) is 44.1 Å². The molecule has 0 bridgehead atoms. The van der Waals surface area contributed by atoms with Crippen LogP contribution in [0.1, 0.15) is 0 Å². The van der Waals surface area contributed by atoms with E-state index in [4.69, 9.17) is 0 Å². The van der Waals surface area contributed by atoms with Gasteiger partial charge in [0.2, 0.25) is 10.0 Å². The molecule has 0 saturated carbocycles. The molecule has 90 valence electrons. The fraction of sp³-hybridized carbons (Fsp3) is 0.444. The lowest BCUT2D eigenvalue weighted by Crippen LogP contribution is -2.28. The quantitative estimate of drug-likeness (QED) is 0.824. The summed E-state index contributed by atoms with van der Waals surface area (Å²) in [6.45, 7) is 0.235. The molecular weight excluding hydrogens is 233 g/mol. The molecule has 1 N–H and O–H groups in total. The maximum absolute atomic E-state index is 12.5. The molecule has 5 nitrogen and oxygen atoms in total. The van der Waals surface area contributed by atoms with E-state index in [0.29, 0.717) is 5.82 Å². The summed E-state index contributed by atoms with van der Waals surface area (Å²) < 4.78 is 36.4. The van der Waals surface area contributed by atoms with Crippen molar-refractivity contribution in [2.75, 3.05) is 31.7 Å². The van der Waals surface area contributed by atoms with Crippen molar-refractivity contribution in [1.82, 2.24) is 9.29 Å². The maximum Gasteiger partial charge on any atom is 0.215 e. The first-order valence-electron chi connectivity index (χ1n) is 4.67. The molecule has 16 heavy (non-hydrogen) atoms. The minimum absolute atomic E-state index is 0.0287. The molecule has 1 heterocycles. The SMILES string of the molecule is CN(C)S(=O)(=O)CCNc1ccc(F)cn1. The molecule has 0 atom stereocenters. The molecule has 0 saturated heterocycles. The number of hydrogen-bond donors (Lipinski definition) is 1. The van der Waals surface area contributed by atoms with E-state index in [-0.39, 0.29) is 12.3 Å². The monoisotopic (exact) mass is 247 g/mol. The van der Waals surface area contributed by atoms with Crippen molar-refractivity contribution in [3.8, 4) is 0 Å². The van der Waals surface area contributed by atoms with Gasteiger partial charge in [0.15, 0.2) is 0 Å². The lowest BCUT2D eigenvalue weighted by molar-refractivity contribution is 0.521. The van der Waals surface area contributed by atoms with Crippen LogP contribution in [0.25, 0.3) is 0 Å². The predicted octanol–water partition coefficient (Wildman–Crippen LogP) is 0.524. The third-order valence-electron chi connectivity index (χ3n) is 1.95. The van der Waals surface area contributed by atoms with Gasteiger partial charge in [0.05, 0.1) is 11.9 Å². The van der Waals surface area contributed by atoms with Gasteiger partial charge in [0, 0.05) is 20.6 Å². The molecule has 0 unspecified atom stereocenters. The van der Waals surface area contributed by atoms with Crippen LogP contribution in [0.5, 0.6) is 0 Å². The maximum atomic E-state index is 12.5. The summed E-state index contributed by atoms with van der Waals surface area (Å²) >= 11 is 0. The fourth-order valence-electron chi connectivity index (χ4n) is 0.971. The molecule has 0 amide bonds. The zero-order valence-electron chi connectivity index (χ0n) is 9.14. The van der Waals surface area contributed by atoms with Gasteiger partial charge in [-0.2, -0.15) is 0 Å². The number of pyridine rings is 1. The minimum Gasteiger partial charge on any atom is -0.369 e. The summed E-state index contributed by atoms with van der Waals surface area (Å²) in [5.74, 6) is 0.000748. The van der Waals surface area contributed by atoms with Crippen molar-refractivity contribution in [1.29, 1.82) is 0 Å². The van der Waals surface area contributed by atoms with Crippen LogP contribution in [0.3, 0.4) is 0 Å². The van der Waals surface area contributed by atoms with E-state index in [9.17, 15) is 12.8 Å². The number of nitrogens with one attached hydrogen (secondary N) is 1. The first-order chi connectivity index (χ1) is 7.42. The van der Waals surface area contributed by atoms with Gasteiger partial charge in [-0.3, -0.25) is 0 Å². The number of hydrogen-bond acceptors (Lipinski definition) is 4. The molecule has 0 aliphatic rings. The van der Waals surface area contributed by atoms with Crippen molar-refractivity contribution in [3.63, 3.8) is 0 Å². The van der Waals surface area contributed by atoms with Gasteiger partial charge in [0.1, 0.15) is 11.6 Å². The average molecular weight is 247 g/mol. The van der Waals surface area contributed by atoms with Gasteiger partial charge in [-0.15, -0.1) is 0 Å². The highest BCUT2D eigenvalue weighted by molar-refractivity contribution is 7.89. The number of rotatable bonds is 5. The lowest BCUT2D eigenvalue weighted by Gasteiger charge is -2.11. The van der Waals surface area contributed by atoms with Crippen LogP contribution in [0.2, 0.25) is 0 Å². The van der Waals surface area contributed by atoms with E-state index < -0.39 is 15.8 Å². The number of aromatic nitrogens is 1. The Bertz CT molecular complexity index is 431. The normalized spacial score (nSPS) is 11.8. The smallest absolute Gasteiger partial charge is 0.215 e. The van der Waals surface area contributed by atoms with E-state index in [0.717, 1.165) is 10.5 Å². The molecule has 1 aromatic heterocycles. The van der Waals surface area contributed by atoms with Crippen LogP contribution in [0.15, 0.2) is 18.3 Å². The molecule has 0 spiro atoms. The Morgan fingerprint density at radius 1 is 1.44 bits per heavy atom. The van der Waals surface area contributed by atoms with Gasteiger partial charge < -0.3 is 5.32 Å². The largest absolute Gasteiger partial charge is 0.369 e. The fourth-order valence-corrected chi connectivity index (χ4v) is 1.70. The molecule has 0 radical (unpaired) electrons. The van der Waals surface area contributed by atoms with Crippen molar-refractivity contribution in [2.24, 2.45) is 0 Å². The Morgan fingerprint density at radius 2 is 2.12 bits per heavy atom. The summed E-state index contributed by atoms with van der Waals surface area (Å²) in [4.78, 5) is 3.75. The lowest BCUT2D eigenvalue weighted by atomic mass is 10.4. The Morgan fingerprint density at radius 3 is 2.62 bits per heavy atom. The van der Waals surface area contributed by atoms with Crippen LogP contribution >= 0.6 is 0 Å². The second kappa shape index (κ2) is 5.22. The van der Waals surface area contributed by atoms with E-state index >= 15 is 0 Å². The van der Waals surface area contributed by atoms with Gasteiger partial charge >= 0.3 is 0 Å². The Kier molecular flexibility index (Phi) is 4.19. The van der Waals surface area contributed by atoms with E-state index in [1.165, 1.54) is 26.2 Å². The van der Waals surface area contributed by atoms with Crippen LogP contribution in [0.4, 0.5) is 10.2 Å². The molecule has 0 aliphatic carbocycles. The number of sulfonamides is 1. The van der Waals surface area contributed by atoms with Gasteiger partial charge in [-0.05, 0) is 12.1 Å². The number of anilines is 1. The molecule has 0 fully saturated rings. The second-order valence-electron chi connectivity index (χ2n) is 3.39. The summed E-state index contributed by atoms with van der Waals surface area (Å²) in [6, 6.07) is 2.72. The summed E-state index contributed by atoms with van der Waals surface area (Å²) in [5.41, 5.74) is 0. The number of nitrogens with zero attached hydrogens (tertiary/aromatic N) is 2. The van der Waals surface area contributed by atoms with Crippen molar-refractivity contribution in [3.05, 3.63) is 24.1 Å². The van der Waals surface area contributed by atoms with Gasteiger partial charge in [0.25, 0.3) is 0 Å². The minimum atomic E-state index is -3.21. The van der Waals surface area contributed by atoms with Crippen molar-refractivity contribution >= 4 is 15.8 Å². The van der Waals surface area contributed by atoms with Crippen molar-refractivity contribution in [2.45, 2.75) is 0 Å². The molecule has 0 aliphatic heterocycles. The highest BCUT2D eigenvalue weighted by atomic mass is 32.2. The zero-order valence-corrected chi connectivity index (χ0v) is 9.96. The van der Waals surface area contributed by atoms with E-state index in [1.54, 1.807) is 0 Å². The van der Waals surface area contributed by atoms with Gasteiger partial charge in [-0.1, -0.05) is 0 Å². The molecule has 1 rings (SSSR count). The molecular formula is C9H14FN3O2S. The van der Waals surface area contributed by atoms with Crippen LogP contribution in [-0.2, 0) is 10.0 Å². The summed E-state index contributed by atoms with van der Waals surface area (Å²) in [6.07, 6.45) is 1.07. The second-order valence-corrected chi connectivity index (χ2v) is 5.69. The standard InChI is InChI=1S/C9H14FN3O2S/c1-13(2)16(14,15)6-5-11-9-4-3-8(10)7-12-9/h3-4,7H,5-6H2,1-2H3,(H,11,12). The summed E-state index contributed by atoms with van der Waals surface area (Å²) in [5, 5.41) is 2.80.